The zero-order valence-electron chi connectivity index (χ0n) is 12.8. The summed E-state index contributed by atoms with van der Waals surface area (Å²) in [7, 11) is 1.50. The molecule has 0 saturated carbocycles. The Kier molecular flexibility index (Phi) is 7.98. The summed E-state index contributed by atoms with van der Waals surface area (Å²) in [4.78, 5) is 24.7. The van der Waals surface area contributed by atoms with Crippen molar-refractivity contribution in [1.29, 1.82) is 0 Å². The monoisotopic (exact) mass is 325 g/mol. The summed E-state index contributed by atoms with van der Waals surface area (Å²) in [6.45, 7) is 0.528. The lowest BCUT2D eigenvalue weighted by Crippen LogP contribution is -2.03. The molecule has 0 fully saturated rings. The van der Waals surface area contributed by atoms with Gasteiger partial charge in [-0.2, -0.15) is 0 Å². The fraction of sp³-hybridized carbons (Fsp3) is 0.400. The Balaban J connectivity index is 2.41. The van der Waals surface area contributed by atoms with Crippen molar-refractivity contribution in [3.8, 4) is 11.5 Å². The van der Waals surface area contributed by atoms with Gasteiger partial charge in [0.2, 0.25) is 0 Å². The van der Waals surface area contributed by atoms with Crippen molar-refractivity contribution in [2.75, 3.05) is 20.3 Å². The van der Waals surface area contributed by atoms with E-state index >= 15 is 0 Å². The predicted molar refractivity (Wildman–Crippen MR) is 82.0 cm³/mol. The Bertz CT molecular complexity index is 557. The Morgan fingerprint density at radius 1 is 1.26 bits per heavy atom. The van der Waals surface area contributed by atoms with Gasteiger partial charge in [-0.1, -0.05) is 6.07 Å². The Morgan fingerprint density at radius 3 is 2.65 bits per heavy atom. The SMILES string of the molecule is COc1cc(/C=C/C(=O)O)ccc1OCCCCCO[N+](=O)[O-]. The van der Waals surface area contributed by atoms with Gasteiger partial charge in [0, 0.05) is 6.08 Å². The van der Waals surface area contributed by atoms with Crippen LogP contribution in [0.15, 0.2) is 24.3 Å². The second kappa shape index (κ2) is 10.0. The number of aliphatic carboxylic acids is 1. The maximum absolute atomic E-state index is 10.5. The molecule has 8 heteroatoms. The highest BCUT2D eigenvalue weighted by Crippen LogP contribution is 2.28. The lowest BCUT2D eigenvalue weighted by molar-refractivity contribution is -0.757. The van der Waals surface area contributed by atoms with Crippen LogP contribution < -0.4 is 9.47 Å². The predicted octanol–water partition coefficient (Wildman–Crippen LogP) is 2.55. The molecular formula is C15H19NO7. The fourth-order valence-corrected chi connectivity index (χ4v) is 1.78. The number of nitrogens with zero attached hydrogens (tertiary/aromatic N) is 1. The third-order valence-corrected chi connectivity index (χ3v) is 2.85. The first-order chi connectivity index (χ1) is 11.0. The number of benzene rings is 1. The highest BCUT2D eigenvalue weighted by molar-refractivity contribution is 5.85. The lowest BCUT2D eigenvalue weighted by Gasteiger charge is -2.11. The summed E-state index contributed by atoms with van der Waals surface area (Å²) in [5.41, 5.74) is 0.688. The third-order valence-electron chi connectivity index (χ3n) is 2.85. The van der Waals surface area contributed by atoms with Crippen molar-refractivity contribution >= 4 is 12.0 Å². The van der Waals surface area contributed by atoms with E-state index in [4.69, 9.17) is 14.6 Å². The van der Waals surface area contributed by atoms with Crippen molar-refractivity contribution in [2.45, 2.75) is 19.3 Å². The van der Waals surface area contributed by atoms with Crippen LogP contribution in [0.2, 0.25) is 0 Å². The van der Waals surface area contributed by atoms with Gasteiger partial charge in [0.1, 0.15) is 0 Å². The van der Waals surface area contributed by atoms with Gasteiger partial charge in [0.05, 0.1) is 20.3 Å². The molecule has 23 heavy (non-hydrogen) atoms. The van der Waals surface area contributed by atoms with Gasteiger partial charge in [0.15, 0.2) is 11.5 Å². The molecule has 0 amide bonds. The van der Waals surface area contributed by atoms with E-state index in [1.54, 1.807) is 18.2 Å². The molecule has 0 saturated heterocycles. The van der Waals surface area contributed by atoms with Gasteiger partial charge in [-0.25, -0.2) is 4.79 Å². The molecule has 0 aliphatic heterocycles. The first-order valence-corrected chi connectivity index (χ1v) is 7.02. The number of carboxylic acids is 1. The molecule has 0 radical (unpaired) electrons. The van der Waals surface area contributed by atoms with Crippen LogP contribution in [-0.4, -0.2) is 36.5 Å². The van der Waals surface area contributed by atoms with Gasteiger partial charge >= 0.3 is 5.97 Å². The molecule has 0 atom stereocenters. The Morgan fingerprint density at radius 2 is 2.00 bits per heavy atom. The number of rotatable bonds is 11. The van der Waals surface area contributed by atoms with E-state index in [0.717, 1.165) is 18.9 Å². The van der Waals surface area contributed by atoms with Gasteiger partial charge in [-0.3, -0.25) is 0 Å². The first kappa shape index (κ1) is 18.3. The minimum atomic E-state index is -1.02. The van der Waals surface area contributed by atoms with Gasteiger partial charge in [-0.15, -0.1) is 10.1 Å². The zero-order valence-corrected chi connectivity index (χ0v) is 12.8. The molecule has 1 aromatic rings. The van der Waals surface area contributed by atoms with Crippen LogP contribution in [0.25, 0.3) is 6.08 Å². The molecule has 0 heterocycles. The highest BCUT2D eigenvalue weighted by atomic mass is 16.9. The number of unbranched alkanes of at least 4 members (excludes halogenated alkanes) is 2. The fourth-order valence-electron chi connectivity index (χ4n) is 1.78. The number of hydrogen-bond acceptors (Lipinski definition) is 6. The smallest absolute Gasteiger partial charge is 0.328 e. The van der Waals surface area contributed by atoms with Gasteiger partial charge < -0.3 is 19.4 Å². The molecule has 0 aliphatic carbocycles. The number of hydrogen-bond donors (Lipinski definition) is 1. The number of methoxy groups -OCH3 is 1. The van der Waals surface area contributed by atoms with Crippen molar-refractivity contribution in [2.24, 2.45) is 0 Å². The van der Waals surface area contributed by atoms with Crippen LogP contribution in [-0.2, 0) is 9.63 Å². The van der Waals surface area contributed by atoms with Crippen LogP contribution in [0.1, 0.15) is 24.8 Å². The standard InChI is InChI=1S/C15H19NO7/c1-21-14-11-12(6-8-15(17)18)5-7-13(14)22-9-3-2-4-10-23-16(19)20/h5-8,11H,2-4,9-10H2,1H3,(H,17,18)/b8-6+. The maximum atomic E-state index is 10.5. The Hall–Kier alpha value is -2.77. The molecule has 0 unspecified atom stereocenters. The average Bonchev–Trinajstić information content (AvgIpc) is 2.52. The normalized spacial score (nSPS) is 10.5. The van der Waals surface area contributed by atoms with Crippen molar-refractivity contribution in [3.63, 3.8) is 0 Å². The summed E-state index contributed by atoms with van der Waals surface area (Å²) in [5, 5.41) is 17.8. The molecule has 1 aromatic carbocycles. The summed E-state index contributed by atoms with van der Waals surface area (Å²) < 4.78 is 10.8. The second-order valence-electron chi connectivity index (χ2n) is 4.55. The van der Waals surface area contributed by atoms with Crippen molar-refractivity contribution in [1.82, 2.24) is 0 Å². The summed E-state index contributed by atoms with van der Waals surface area (Å²) >= 11 is 0. The molecular weight excluding hydrogens is 306 g/mol. The zero-order chi connectivity index (χ0) is 17.1. The molecule has 8 nitrogen and oxygen atoms in total. The van der Waals surface area contributed by atoms with Crippen LogP contribution in [0, 0.1) is 10.1 Å². The van der Waals surface area contributed by atoms with E-state index in [-0.39, 0.29) is 6.61 Å². The molecule has 0 spiro atoms. The minimum absolute atomic E-state index is 0.0843. The Labute approximate surface area is 133 Å². The second-order valence-corrected chi connectivity index (χ2v) is 4.55. The molecule has 1 N–H and O–H groups in total. The molecule has 0 aliphatic rings. The van der Waals surface area contributed by atoms with Crippen LogP contribution >= 0.6 is 0 Å². The molecule has 0 bridgehead atoms. The highest BCUT2D eigenvalue weighted by Gasteiger charge is 2.05. The van der Waals surface area contributed by atoms with Crippen LogP contribution in [0.4, 0.5) is 0 Å². The quantitative estimate of drug-likeness (QED) is 0.288. The van der Waals surface area contributed by atoms with Crippen molar-refractivity contribution in [3.05, 3.63) is 40.0 Å². The van der Waals surface area contributed by atoms with E-state index in [1.165, 1.54) is 13.2 Å². The van der Waals surface area contributed by atoms with Crippen LogP contribution in [0.3, 0.4) is 0 Å². The van der Waals surface area contributed by atoms with E-state index < -0.39 is 11.1 Å². The first-order valence-electron chi connectivity index (χ1n) is 7.02. The summed E-state index contributed by atoms with van der Waals surface area (Å²) in [5.74, 6) is 0.0427. The molecule has 0 aromatic heterocycles. The van der Waals surface area contributed by atoms with E-state index in [9.17, 15) is 14.9 Å². The van der Waals surface area contributed by atoms with E-state index in [0.29, 0.717) is 30.1 Å². The topological polar surface area (TPSA) is 108 Å². The van der Waals surface area contributed by atoms with E-state index in [2.05, 4.69) is 4.84 Å². The van der Waals surface area contributed by atoms with Crippen LogP contribution in [0.5, 0.6) is 11.5 Å². The summed E-state index contributed by atoms with van der Waals surface area (Å²) in [6.07, 6.45) is 4.56. The van der Waals surface area contributed by atoms with Gasteiger partial charge in [0.25, 0.3) is 5.09 Å². The number of carboxylic acid groups (broad SMARTS) is 1. The molecule has 126 valence electrons. The summed E-state index contributed by atoms with van der Waals surface area (Å²) in [6, 6.07) is 5.11. The number of carbonyl (C=O) groups is 1. The minimum Gasteiger partial charge on any atom is -0.493 e. The average molecular weight is 325 g/mol. The van der Waals surface area contributed by atoms with E-state index in [1.807, 2.05) is 0 Å². The van der Waals surface area contributed by atoms with Crippen molar-refractivity contribution < 1.29 is 29.3 Å². The molecule has 1 rings (SSSR count). The van der Waals surface area contributed by atoms with Gasteiger partial charge in [-0.05, 0) is 43.0 Å². The third kappa shape index (κ3) is 7.70. The lowest BCUT2D eigenvalue weighted by atomic mass is 10.2. The number of ether oxygens (including phenoxy) is 2. The largest absolute Gasteiger partial charge is 0.493 e. The maximum Gasteiger partial charge on any atom is 0.328 e.